The number of aliphatic hydroxyl groups excluding tert-OH is 16. The number of alkyl halides is 1. The third-order valence-electron chi connectivity index (χ3n) is 25.2. The molecule has 3 aliphatic carbocycles. The Morgan fingerprint density at radius 3 is 0.750 bits per heavy atom. The van der Waals surface area contributed by atoms with Gasteiger partial charge in [-0.3, -0.25) is 0 Å². The summed E-state index contributed by atoms with van der Waals surface area (Å²) in [7, 11) is 0. The molecule has 9 saturated heterocycles. The summed E-state index contributed by atoms with van der Waals surface area (Å²) < 4.78 is 120. The fourth-order valence-electron chi connectivity index (χ4n) is 17.4. The maximum atomic E-state index is 14.7. The molecule has 12 aliphatic rings. The van der Waals surface area contributed by atoms with Crippen LogP contribution in [0.25, 0.3) is 0 Å². The lowest BCUT2D eigenvalue weighted by atomic mass is 9.84. The highest BCUT2D eigenvalue weighted by Crippen LogP contribution is 2.40. The Balaban J connectivity index is 0.000000195. The van der Waals surface area contributed by atoms with Gasteiger partial charge in [0.1, 0.15) is 165 Å². The molecule has 52 N–H and O–H groups in total. The maximum absolute atomic E-state index is 14.7. The summed E-state index contributed by atoms with van der Waals surface area (Å²) in [6, 6.07) is -11.3. The van der Waals surface area contributed by atoms with E-state index in [0.29, 0.717) is 25.7 Å². The Kier molecular flexibility index (Phi) is 38.3. The van der Waals surface area contributed by atoms with Gasteiger partial charge in [0, 0.05) is 74.5 Å². The zero-order chi connectivity index (χ0) is 91.4. The van der Waals surface area contributed by atoms with E-state index in [1.165, 1.54) is 0 Å². The van der Waals surface area contributed by atoms with Gasteiger partial charge in [-0.15, -0.1) is 0 Å². The van der Waals surface area contributed by atoms with E-state index in [4.69, 9.17) is 188 Å². The van der Waals surface area contributed by atoms with E-state index in [9.17, 15) is 86.1 Å². The van der Waals surface area contributed by atoms with Gasteiger partial charge in [0.15, 0.2) is 56.6 Å². The molecular formula is C71H141FN18O34. The number of nitrogens with two attached hydrogens (primary N) is 18. The van der Waals surface area contributed by atoms with Crippen molar-refractivity contribution in [3.8, 4) is 0 Å². The molecule has 52 nitrogen and oxygen atoms in total. The molecular weight excluding hydrogens is 1670 g/mol. The predicted octanol–water partition coefficient (Wildman–Crippen LogP) is -20.8. The van der Waals surface area contributed by atoms with Crippen LogP contribution in [-0.4, -0.2) is 464 Å². The quantitative estimate of drug-likeness (QED) is 0.0363. The van der Waals surface area contributed by atoms with Crippen LogP contribution in [0.5, 0.6) is 0 Å². The van der Waals surface area contributed by atoms with Crippen LogP contribution >= 0.6 is 0 Å². The van der Waals surface area contributed by atoms with E-state index >= 15 is 0 Å². The summed E-state index contributed by atoms with van der Waals surface area (Å²) in [5.41, 5.74) is 108. The Morgan fingerprint density at radius 2 is 0.492 bits per heavy atom. The number of rotatable bonds is 27. The van der Waals surface area contributed by atoms with Gasteiger partial charge in [0.2, 0.25) is 0 Å². The monoisotopic (exact) mass is 1810 g/mol. The average molecular weight is 1810 g/mol. The number of hydrogen-bond donors (Lipinski definition) is 34. The second kappa shape index (κ2) is 45.7. The molecule has 0 amide bonds. The van der Waals surface area contributed by atoms with Crippen LogP contribution in [-0.2, 0) is 85.3 Å². The van der Waals surface area contributed by atoms with E-state index in [-0.39, 0.29) is 69.7 Å². The largest absolute Gasteiger partial charge is 0.394 e. The third-order valence-corrected chi connectivity index (χ3v) is 25.2. The molecule has 9 aliphatic heterocycles. The minimum atomic E-state index is -1.95. The molecule has 0 aromatic rings. The van der Waals surface area contributed by atoms with E-state index in [1.807, 2.05) is 13.8 Å². The lowest BCUT2D eigenvalue weighted by Crippen LogP contribution is -2.67. The van der Waals surface area contributed by atoms with Crippen molar-refractivity contribution in [2.24, 2.45) is 103 Å². The molecule has 0 aromatic heterocycles. The highest BCUT2D eigenvalue weighted by molar-refractivity contribution is 5.07. The Morgan fingerprint density at radius 1 is 0.258 bits per heavy atom. The molecule has 0 spiro atoms. The second-order valence-electron chi connectivity index (χ2n) is 34.3. The molecule has 0 bridgehead atoms. The van der Waals surface area contributed by atoms with Crippen LogP contribution in [0.2, 0.25) is 0 Å². The highest BCUT2D eigenvalue weighted by Gasteiger charge is 2.60. The van der Waals surface area contributed by atoms with Crippen molar-refractivity contribution >= 4 is 0 Å². The molecule has 12 fully saturated rings. The van der Waals surface area contributed by atoms with Gasteiger partial charge >= 0.3 is 0 Å². The maximum Gasteiger partial charge on any atom is 0.187 e. The molecule has 0 unspecified atom stereocenters. The molecule has 124 heavy (non-hydrogen) atoms. The standard InChI is InChI=1S/2C24H48N6O11.C23H45FN6O12/c2*1-7(26)11-3-2-8(27)22(36-11)39-19-10(29)4-9(28)15(32)21(19)41-24-18(35)20(13(6-31)38-24)40-23-14(30)17(34)16(33)12(5-25)37-23;24-10-11(29)21(37-7(2-25)14(10)33)40-18-6(28)1-5(27)13(32)20(18)42-23-17(36)19(9(4-31)39-23)41-22-12(30)16(35)15(34)8(3-26)38-22/h2*7-24,31-35H,2-6,25-30H2,1H3;5-23,31-36H,1-4,25-30H2/t7-,8+,9+,10-,11-,12-,13+,14+,15-,16+,17+,18+,19+,20+,21+,22+,23+,24-;7-,8-,9-,10+,11+,12+,13-,14-,15+,16-,17-,18-,19-,20-,21-,22-,23-,24+;5-,6+,7-,8+,9-,10-,11-,12-,13+,14-,15-,16-,17-,18-,19-,20-,21-,22-,23+/m011/s1. The van der Waals surface area contributed by atoms with Crippen molar-refractivity contribution in [3.63, 3.8) is 0 Å². The molecule has 3 saturated carbocycles. The Bertz CT molecular complexity index is 3040. The predicted molar refractivity (Wildman–Crippen MR) is 418 cm³/mol. The third kappa shape index (κ3) is 23.2. The van der Waals surface area contributed by atoms with Gasteiger partial charge in [-0.05, 0) is 58.8 Å². The smallest absolute Gasteiger partial charge is 0.187 e. The molecule has 726 valence electrons. The van der Waals surface area contributed by atoms with E-state index in [1.54, 1.807) is 0 Å². The summed E-state index contributed by atoms with van der Waals surface area (Å²) in [6.45, 7) is 1.11. The lowest BCUT2D eigenvalue weighted by Gasteiger charge is -2.47. The van der Waals surface area contributed by atoms with Crippen LogP contribution in [0.4, 0.5) is 4.39 Å². The van der Waals surface area contributed by atoms with Gasteiger partial charge in [-0.25, -0.2) is 4.39 Å². The summed E-state index contributed by atoms with van der Waals surface area (Å²) >= 11 is 0. The fraction of sp³-hybridized carbons (Fsp3) is 1.00. The van der Waals surface area contributed by atoms with Crippen molar-refractivity contribution in [2.75, 3.05) is 46.0 Å². The first-order chi connectivity index (χ1) is 58.6. The van der Waals surface area contributed by atoms with Gasteiger partial charge in [-0.1, -0.05) is 0 Å². The van der Waals surface area contributed by atoms with E-state index < -0.39 is 332 Å². The van der Waals surface area contributed by atoms with Gasteiger partial charge in [-0.2, -0.15) is 0 Å². The van der Waals surface area contributed by atoms with Crippen LogP contribution in [0.15, 0.2) is 0 Å². The van der Waals surface area contributed by atoms with Crippen LogP contribution < -0.4 is 103 Å². The van der Waals surface area contributed by atoms with Crippen molar-refractivity contribution in [3.05, 3.63) is 0 Å². The lowest BCUT2D eigenvalue weighted by molar-refractivity contribution is -0.302. The minimum Gasteiger partial charge on any atom is -0.394 e. The summed E-state index contributed by atoms with van der Waals surface area (Å²) in [6.07, 6.45) is -48.1. The van der Waals surface area contributed by atoms with Crippen LogP contribution in [0.1, 0.15) is 58.8 Å². The minimum absolute atomic E-state index is 0.0577. The Hall–Kier alpha value is -2.15. The molecule has 12 rings (SSSR count). The topological polar surface area (TPSA) is 958 Å². The van der Waals surface area contributed by atoms with Crippen molar-refractivity contribution in [1.82, 2.24) is 0 Å². The number of hydrogen-bond acceptors (Lipinski definition) is 52. The first kappa shape index (κ1) is 104. The fourth-order valence-corrected chi connectivity index (χ4v) is 17.4. The molecule has 9 heterocycles. The van der Waals surface area contributed by atoms with Gasteiger partial charge in [0.05, 0.1) is 86.6 Å². The summed E-state index contributed by atoms with van der Waals surface area (Å²) in [5.74, 6) is 0. The second-order valence-corrected chi connectivity index (χ2v) is 34.3. The Labute approximate surface area is 713 Å². The zero-order valence-electron chi connectivity index (χ0n) is 68.9. The zero-order valence-corrected chi connectivity index (χ0v) is 68.9. The van der Waals surface area contributed by atoms with Gasteiger partial charge < -0.3 is 270 Å². The number of ether oxygens (including phenoxy) is 18. The number of halogens is 1. The van der Waals surface area contributed by atoms with Crippen molar-refractivity contribution < 1.29 is 171 Å². The van der Waals surface area contributed by atoms with Gasteiger partial charge in [0.25, 0.3) is 0 Å². The van der Waals surface area contributed by atoms with E-state index in [2.05, 4.69) is 0 Å². The molecule has 55 atom stereocenters. The van der Waals surface area contributed by atoms with E-state index in [0.717, 1.165) is 0 Å². The molecule has 0 radical (unpaired) electrons. The van der Waals surface area contributed by atoms with Crippen LogP contribution in [0.3, 0.4) is 0 Å². The summed E-state index contributed by atoms with van der Waals surface area (Å²) in [4.78, 5) is 0. The SMILES string of the molecule is C[C@@H](N)[C@@H]1CC[C@@H](N)[C@@H](O[C@H]2[C@H](O[C@@H]3O[C@H](CO)[C@@H](O[C@H]4O[C@@H](CN)[C@@H](O)[C@H](O)[C@H]4N)[C@H]3O)[C@@H](O)[C@H](N)C[C@@H]2N)O1.C[C@H](N)[C@@H]1CC[C@@H](N)[C@@H](O[C@H]2[C@H](O[C@@H]3O[C@H](CO)[C@@H](O[C@H]4O[C@@H](CN)[C@@H](O)[C@H](O)[C@H]4N)[C@H]3O)[C@@H](O)[C@H](N)C[C@@H]2N)O1.NC[C@@H]1O[C@H](O[C@H]2[C@@H](O)[C@H](O[C@@H]3[C@@H](O)[C@H](N)C[C@H](N)[C@H]3O[C@H]3O[C@H](CN)[C@@H](O)[C@H](F)[C@H]3N)O[C@@H]2CO)[C@H](N)[C@@H](O)[C@@H]1O. The van der Waals surface area contributed by atoms with Crippen molar-refractivity contribution in [1.29, 1.82) is 0 Å². The summed E-state index contributed by atoms with van der Waals surface area (Å²) in [5, 5.41) is 167. The highest BCUT2D eigenvalue weighted by atomic mass is 19.1. The number of aliphatic hydroxyl groups is 16. The first-order valence-corrected chi connectivity index (χ1v) is 42.1. The molecule has 53 heteroatoms. The van der Waals surface area contributed by atoms with Crippen LogP contribution in [0, 0.1) is 0 Å². The molecule has 0 aromatic carbocycles. The first-order valence-electron chi connectivity index (χ1n) is 42.1. The normalized spacial score (nSPS) is 52.6. The average Bonchev–Trinajstić information content (AvgIpc) is 1.70. The van der Waals surface area contributed by atoms with Crippen molar-refractivity contribution in [2.45, 2.75) is 395 Å².